The Labute approximate surface area is 161 Å². The molecule has 0 saturated carbocycles. The number of amides is 1. The molecule has 0 atom stereocenters. The van der Waals surface area contributed by atoms with Gasteiger partial charge in [0.2, 0.25) is 5.91 Å². The molecule has 1 heterocycles. The number of hydrazone groups is 1. The van der Waals surface area contributed by atoms with E-state index < -0.39 is 0 Å². The molecule has 1 aromatic heterocycles. The number of aromatic nitrogens is 2. The minimum atomic E-state index is -0.309. The van der Waals surface area contributed by atoms with E-state index in [4.69, 9.17) is 23.2 Å². The van der Waals surface area contributed by atoms with Gasteiger partial charge in [-0.3, -0.25) is 9.89 Å². The molecule has 26 heavy (non-hydrogen) atoms. The lowest BCUT2D eigenvalue weighted by atomic mass is 10.1. The number of H-pyrrole nitrogens is 1. The monoisotopic (exact) mass is 386 g/mol. The molecule has 1 amide bonds. The first kappa shape index (κ1) is 18.2. The van der Waals surface area contributed by atoms with Gasteiger partial charge < -0.3 is 0 Å². The van der Waals surface area contributed by atoms with Gasteiger partial charge in [0.05, 0.1) is 24.5 Å². The molecule has 3 rings (SSSR count). The molecule has 0 fully saturated rings. The van der Waals surface area contributed by atoms with Gasteiger partial charge >= 0.3 is 0 Å². The highest BCUT2D eigenvalue weighted by Gasteiger charge is 2.10. The van der Waals surface area contributed by atoms with Crippen molar-refractivity contribution in [3.05, 3.63) is 75.4 Å². The minimum Gasteiger partial charge on any atom is -0.277 e. The molecule has 0 spiro atoms. The zero-order valence-electron chi connectivity index (χ0n) is 14.0. The van der Waals surface area contributed by atoms with Crippen LogP contribution >= 0.6 is 23.2 Å². The smallest absolute Gasteiger partial charge is 0.244 e. The normalized spacial score (nSPS) is 11.0. The molecule has 0 aliphatic carbocycles. The Bertz CT molecular complexity index is 928. The molecule has 132 valence electrons. The van der Waals surface area contributed by atoms with Gasteiger partial charge in [-0.05, 0) is 24.6 Å². The van der Waals surface area contributed by atoms with Crippen LogP contribution in [-0.4, -0.2) is 22.3 Å². The van der Waals surface area contributed by atoms with E-state index >= 15 is 0 Å². The Hall–Kier alpha value is -2.63. The molecule has 7 heteroatoms. The average Bonchev–Trinajstić information content (AvgIpc) is 3.07. The second-order valence-electron chi connectivity index (χ2n) is 5.74. The van der Waals surface area contributed by atoms with Gasteiger partial charge in [-0.25, -0.2) is 5.43 Å². The molecule has 0 unspecified atom stereocenters. The van der Waals surface area contributed by atoms with Gasteiger partial charge in [-0.1, -0.05) is 59.1 Å². The van der Waals surface area contributed by atoms with Gasteiger partial charge in [-0.15, -0.1) is 0 Å². The molecular formula is C19H16Cl2N4O. The van der Waals surface area contributed by atoms with Crippen molar-refractivity contribution in [3.63, 3.8) is 0 Å². The van der Waals surface area contributed by atoms with Crippen LogP contribution in [0.1, 0.15) is 16.7 Å². The Morgan fingerprint density at radius 3 is 2.58 bits per heavy atom. The van der Waals surface area contributed by atoms with E-state index in [1.54, 1.807) is 30.6 Å². The maximum Gasteiger partial charge on any atom is 0.244 e. The predicted octanol–water partition coefficient (Wildman–Crippen LogP) is 4.38. The number of benzene rings is 2. The van der Waals surface area contributed by atoms with Gasteiger partial charge in [0.25, 0.3) is 0 Å². The lowest BCUT2D eigenvalue weighted by Gasteiger charge is -2.05. The number of nitrogens with one attached hydrogen (secondary N) is 2. The molecule has 0 aliphatic heterocycles. The molecule has 2 N–H and O–H groups in total. The van der Waals surface area contributed by atoms with Gasteiger partial charge in [0.15, 0.2) is 0 Å². The van der Waals surface area contributed by atoms with E-state index in [-0.39, 0.29) is 12.3 Å². The van der Waals surface area contributed by atoms with Crippen LogP contribution in [0.5, 0.6) is 0 Å². The molecule has 0 radical (unpaired) electrons. The topological polar surface area (TPSA) is 70.1 Å². The zero-order chi connectivity index (χ0) is 18.5. The number of aromatic amines is 1. The molecule has 0 aliphatic rings. The highest BCUT2D eigenvalue weighted by Crippen LogP contribution is 2.24. The first-order valence-corrected chi connectivity index (χ1v) is 8.65. The predicted molar refractivity (Wildman–Crippen MR) is 105 cm³/mol. The van der Waals surface area contributed by atoms with Crippen molar-refractivity contribution in [2.45, 2.75) is 13.3 Å². The highest BCUT2D eigenvalue weighted by atomic mass is 35.5. The number of nitrogens with zero attached hydrogens (tertiary/aromatic N) is 2. The second kappa shape index (κ2) is 8.17. The molecule has 3 aromatic rings. The summed E-state index contributed by atoms with van der Waals surface area (Å²) in [7, 11) is 0. The Kier molecular flexibility index (Phi) is 5.71. The first-order valence-electron chi connectivity index (χ1n) is 7.90. The zero-order valence-corrected chi connectivity index (χ0v) is 15.5. The number of halogens is 2. The Balaban J connectivity index is 1.67. The molecule has 5 nitrogen and oxygen atoms in total. The standard InChI is InChI=1S/C19H16Cl2N4O/c1-12-5-7-13(8-6-12)19-14(11-23-25-19)10-22-24-18(26)9-15-16(20)3-2-4-17(15)21/h2-8,10-11H,9H2,1H3,(H,23,25)(H,24,26)/b22-10+. The van der Waals surface area contributed by atoms with Crippen molar-refractivity contribution < 1.29 is 4.79 Å². The lowest BCUT2D eigenvalue weighted by Crippen LogP contribution is -2.20. The number of hydrogen-bond acceptors (Lipinski definition) is 3. The van der Waals surface area contributed by atoms with E-state index in [0.717, 1.165) is 16.8 Å². The van der Waals surface area contributed by atoms with E-state index in [0.29, 0.717) is 15.6 Å². The van der Waals surface area contributed by atoms with Crippen LogP contribution in [0.4, 0.5) is 0 Å². The van der Waals surface area contributed by atoms with Crippen molar-refractivity contribution in [3.8, 4) is 11.3 Å². The second-order valence-corrected chi connectivity index (χ2v) is 6.55. The number of carbonyl (C=O) groups is 1. The van der Waals surface area contributed by atoms with Gasteiger partial charge in [0.1, 0.15) is 0 Å². The van der Waals surface area contributed by atoms with Crippen LogP contribution in [0, 0.1) is 6.92 Å². The third kappa shape index (κ3) is 4.31. The third-order valence-electron chi connectivity index (χ3n) is 3.80. The van der Waals surface area contributed by atoms with E-state index in [2.05, 4.69) is 20.7 Å². The van der Waals surface area contributed by atoms with Crippen LogP contribution in [0.25, 0.3) is 11.3 Å². The molecule has 0 saturated heterocycles. The summed E-state index contributed by atoms with van der Waals surface area (Å²) in [6.45, 7) is 2.03. The quantitative estimate of drug-likeness (QED) is 0.504. The van der Waals surface area contributed by atoms with Crippen LogP contribution in [-0.2, 0) is 11.2 Å². The minimum absolute atomic E-state index is 0.0477. The lowest BCUT2D eigenvalue weighted by molar-refractivity contribution is -0.120. The summed E-state index contributed by atoms with van der Waals surface area (Å²) in [5, 5.41) is 11.9. The number of aryl methyl sites for hydroxylation is 1. The van der Waals surface area contributed by atoms with Crippen molar-refractivity contribution in [2.75, 3.05) is 0 Å². The fourth-order valence-corrected chi connectivity index (χ4v) is 2.95. The van der Waals surface area contributed by atoms with Crippen LogP contribution in [0.2, 0.25) is 10.0 Å². The number of rotatable bonds is 5. The molecule has 0 bridgehead atoms. The van der Waals surface area contributed by atoms with Crippen molar-refractivity contribution in [2.24, 2.45) is 5.10 Å². The summed E-state index contributed by atoms with van der Waals surface area (Å²) in [6.07, 6.45) is 3.24. The van der Waals surface area contributed by atoms with Crippen molar-refractivity contribution in [1.82, 2.24) is 15.6 Å². The van der Waals surface area contributed by atoms with Crippen LogP contribution in [0.15, 0.2) is 53.8 Å². The number of carbonyl (C=O) groups excluding carboxylic acids is 1. The van der Waals surface area contributed by atoms with Gasteiger partial charge in [0, 0.05) is 21.2 Å². The summed E-state index contributed by atoms with van der Waals surface area (Å²) in [6, 6.07) is 13.2. The van der Waals surface area contributed by atoms with E-state index in [1.165, 1.54) is 5.56 Å². The fraction of sp³-hybridized carbons (Fsp3) is 0.105. The maximum absolute atomic E-state index is 12.1. The third-order valence-corrected chi connectivity index (χ3v) is 4.51. The number of hydrogen-bond donors (Lipinski definition) is 2. The van der Waals surface area contributed by atoms with Crippen LogP contribution < -0.4 is 5.43 Å². The van der Waals surface area contributed by atoms with Gasteiger partial charge in [-0.2, -0.15) is 10.2 Å². The highest BCUT2D eigenvalue weighted by molar-refractivity contribution is 6.36. The molecule has 2 aromatic carbocycles. The summed E-state index contributed by atoms with van der Waals surface area (Å²) in [5.74, 6) is -0.309. The van der Waals surface area contributed by atoms with Crippen molar-refractivity contribution >= 4 is 35.3 Å². The average molecular weight is 387 g/mol. The summed E-state index contributed by atoms with van der Waals surface area (Å²) in [5.41, 5.74) is 6.82. The van der Waals surface area contributed by atoms with Crippen LogP contribution in [0.3, 0.4) is 0 Å². The fourth-order valence-electron chi connectivity index (χ4n) is 2.42. The summed E-state index contributed by atoms with van der Waals surface area (Å²) < 4.78 is 0. The SMILES string of the molecule is Cc1ccc(-c2[nH]ncc2/C=N/NC(=O)Cc2c(Cl)cccc2Cl)cc1. The van der Waals surface area contributed by atoms with E-state index in [1.807, 2.05) is 31.2 Å². The summed E-state index contributed by atoms with van der Waals surface area (Å²) >= 11 is 12.1. The Morgan fingerprint density at radius 1 is 1.19 bits per heavy atom. The largest absolute Gasteiger partial charge is 0.277 e. The van der Waals surface area contributed by atoms with Crippen molar-refractivity contribution in [1.29, 1.82) is 0 Å². The Morgan fingerprint density at radius 2 is 1.88 bits per heavy atom. The summed E-state index contributed by atoms with van der Waals surface area (Å²) in [4.78, 5) is 12.1. The van der Waals surface area contributed by atoms with E-state index in [9.17, 15) is 4.79 Å². The maximum atomic E-state index is 12.1. The first-order chi connectivity index (χ1) is 12.5. The molecular weight excluding hydrogens is 371 g/mol.